The molecule has 0 amide bonds. The summed E-state index contributed by atoms with van der Waals surface area (Å²) >= 11 is 1.66. The molecule has 0 aliphatic heterocycles. The molecular weight excluding hydrogens is 268 g/mol. The van der Waals surface area contributed by atoms with E-state index in [0.29, 0.717) is 22.8 Å². The summed E-state index contributed by atoms with van der Waals surface area (Å²) in [4.78, 5) is 14.4. The molecule has 100 valence electrons. The normalized spacial score (nSPS) is 10.6. The molecule has 0 saturated heterocycles. The van der Waals surface area contributed by atoms with Crippen LogP contribution in [-0.4, -0.2) is 20.8 Å². The number of benzene rings is 1. The molecule has 0 spiro atoms. The second-order valence-corrected chi connectivity index (χ2v) is 4.96. The molecule has 8 heteroatoms. The van der Waals surface area contributed by atoms with Gasteiger partial charge in [-0.1, -0.05) is 12.1 Å². The number of nitro groups is 1. The molecule has 0 radical (unpaired) electrons. The van der Waals surface area contributed by atoms with Crippen LogP contribution in [0.15, 0.2) is 22.7 Å². The van der Waals surface area contributed by atoms with Crippen LogP contribution in [0.2, 0.25) is 0 Å². The van der Waals surface area contributed by atoms with E-state index in [0.717, 1.165) is 5.75 Å². The van der Waals surface area contributed by atoms with E-state index >= 15 is 0 Å². The Morgan fingerprint density at radius 1 is 1.53 bits per heavy atom. The largest absolute Gasteiger partial charge is 0.398 e. The number of thioether (sulfide) groups is 1. The highest BCUT2D eigenvalue weighted by Gasteiger charge is 2.16. The van der Waals surface area contributed by atoms with Crippen molar-refractivity contribution in [1.82, 2.24) is 10.1 Å². The number of non-ortho nitro benzene ring substituents is 1. The summed E-state index contributed by atoms with van der Waals surface area (Å²) in [5.41, 5.74) is 6.46. The van der Waals surface area contributed by atoms with Gasteiger partial charge in [0.05, 0.1) is 16.2 Å². The Morgan fingerprint density at radius 3 is 3.00 bits per heavy atom. The summed E-state index contributed by atoms with van der Waals surface area (Å²) in [6.45, 7) is 2.03. The molecule has 0 bridgehead atoms. The van der Waals surface area contributed by atoms with Crippen molar-refractivity contribution in [3.8, 4) is 11.5 Å². The molecule has 7 nitrogen and oxygen atoms in total. The molecule has 0 unspecified atom stereocenters. The van der Waals surface area contributed by atoms with Crippen LogP contribution in [-0.2, 0) is 5.75 Å². The average Bonchev–Trinajstić information content (AvgIpc) is 2.85. The Bertz CT molecular complexity index is 599. The van der Waals surface area contributed by atoms with Crippen LogP contribution in [0.25, 0.3) is 11.5 Å². The number of anilines is 1. The highest BCUT2D eigenvalue weighted by atomic mass is 32.2. The minimum atomic E-state index is -0.493. The third-order valence-electron chi connectivity index (χ3n) is 2.38. The number of rotatable bonds is 5. The van der Waals surface area contributed by atoms with Crippen molar-refractivity contribution in [3.05, 3.63) is 34.1 Å². The first kappa shape index (κ1) is 13.3. The third kappa shape index (κ3) is 3.02. The molecule has 0 fully saturated rings. The van der Waals surface area contributed by atoms with E-state index < -0.39 is 4.92 Å². The van der Waals surface area contributed by atoms with Gasteiger partial charge in [-0.15, -0.1) is 0 Å². The molecule has 0 aliphatic carbocycles. The number of nitro benzene ring substituents is 1. The number of aromatic nitrogens is 2. The molecule has 2 N–H and O–H groups in total. The molecule has 0 aliphatic rings. The minimum absolute atomic E-state index is 0.0631. The smallest absolute Gasteiger partial charge is 0.270 e. The standard InChI is InChI=1S/C11H12N4O3S/c1-2-19-6-10-13-11(18-14-10)8-5-7(15(16)17)3-4-9(8)12/h3-5H,2,6,12H2,1H3. The summed E-state index contributed by atoms with van der Waals surface area (Å²) in [6.07, 6.45) is 0. The van der Waals surface area contributed by atoms with Crippen molar-refractivity contribution in [3.63, 3.8) is 0 Å². The molecule has 1 aromatic heterocycles. The quantitative estimate of drug-likeness (QED) is 0.509. The van der Waals surface area contributed by atoms with Crippen LogP contribution in [0.4, 0.5) is 11.4 Å². The van der Waals surface area contributed by atoms with Gasteiger partial charge in [0.1, 0.15) is 0 Å². The Balaban J connectivity index is 2.32. The van der Waals surface area contributed by atoms with Gasteiger partial charge in [0.2, 0.25) is 0 Å². The molecule has 0 atom stereocenters. The van der Waals surface area contributed by atoms with E-state index in [9.17, 15) is 10.1 Å². The van der Waals surface area contributed by atoms with E-state index in [-0.39, 0.29) is 11.6 Å². The van der Waals surface area contributed by atoms with Crippen LogP contribution < -0.4 is 5.73 Å². The van der Waals surface area contributed by atoms with Gasteiger partial charge in [-0.3, -0.25) is 10.1 Å². The van der Waals surface area contributed by atoms with Gasteiger partial charge in [-0.05, 0) is 11.8 Å². The third-order valence-corrected chi connectivity index (χ3v) is 3.25. The number of nitrogens with zero attached hydrogens (tertiary/aromatic N) is 3. The van der Waals surface area contributed by atoms with Gasteiger partial charge in [0.25, 0.3) is 11.6 Å². The van der Waals surface area contributed by atoms with Crippen molar-refractivity contribution >= 4 is 23.1 Å². The predicted molar refractivity (Wildman–Crippen MR) is 72.6 cm³/mol. The van der Waals surface area contributed by atoms with E-state index in [4.69, 9.17) is 10.3 Å². The van der Waals surface area contributed by atoms with E-state index in [1.165, 1.54) is 18.2 Å². The monoisotopic (exact) mass is 280 g/mol. The lowest BCUT2D eigenvalue weighted by Gasteiger charge is -1.99. The van der Waals surface area contributed by atoms with Gasteiger partial charge in [0, 0.05) is 17.8 Å². The number of hydrogen-bond acceptors (Lipinski definition) is 7. The number of nitrogen functional groups attached to an aromatic ring is 1. The van der Waals surface area contributed by atoms with Crippen molar-refractivity contribution in [2.75, 3.05) is 11.5 Å². The van der Waals surface area contributed by atoms with Crippen LogP contribution in [0.3, 0.4) is 0 Å². The molecule has 0 saturated carbocycles. The van der Waals surface area contributed by atoms with Crippen molar-refractivity contribution in [2.24, 2.45) is 0 Å². The van der Waals surface area contributed by atoms with Gasteiger partial charge in [-0.2, -0.15) is 16.7 Å². The van der Waals surface area contributed by atoms with Gasteiger partial charge < -0.3 is 10.3 Å². The zero-order valence-corrected chi connectivity index (χ0v) is 11.0. The van der Waals surface area contributed by atoms with Crippen LogP contribution in [0.1, 0.15) is 12.7 Å². The molecule has 1 aromatic carbocycles. The summed E-state index contributed by atoms with van der Waals surface area (Å²) in [5, 5.41) is 14.6. The zero-order chi connectivity index (χ0) is 13.8. The fraction of sp³-hybridized carbons (Fsp3) is 0.273. The molecule has 2 rings (SSSR count). The highest BCUT2D eigenvalue weighted by molar-refractivity contribution is 7.98. The maximum atomic E-state index is 10.7. The lowest BCUT2D eigenvalue weighted by atomic mass is 10.1. The van der Waals surface area contributed by atoms with Crippen LogP contribution >= 0.6 is 11.8 Å². The molecule has 1 heterocycles. The first-order valence-corrected chi connectivity index (χ1v) is 6.72. The van der Waals surface area contributed by atoms with Crippen LogP contribution in [0, 0.1) is 10.1 Å². The fourth-order valence-corrected chi connectivity index (χ4v) is 1.96. The van der Waals surface area contributed by atoms with E-state index in [2.05, 4.69) is 10.1 Å². The molecule has 19 heavy (non-hydrogen) atoms. The van der Waals surface area contributed by atoms with Crippen molar-refractivity contribution in [2.45, 2.75) is 12.7 Å². The first-order valence-electron chi connectivity index (χ1n) is 5.56. The summed E-state index contributed by atoms with van der Waals surface area (Å²) in [5.74, 6) is 2.33. The summed E-state index contributed by atoms with van der Waals surface area (Å²) in [6, 6.07) is 4.13. The lowest BCUT2D eigenvalue weighted by Crippen LogP contribution is -1.94. The first-order chi connectivity index (χ1) is 9.11. The maximum absolute atomic E-state index is 10.7. The maximum Gasteiger partial charge on any atom is 0.270 e. The van der Waals surface area contributed by atoms with E-state index in [1.54, 1.807) is 11.8 Å². The Hall–Kier alpha value is -2.09. The average molecular weight is 280 g/mol. The molecule has 2 aromatic rings. The zero-order valence-electron chi connectivity index (χ0n) is 10.2. The Labute approximate surface area is 113 Å². The minimum Gasteiger partial charge on any atom is -0.398 e. The predicted octanol–water partition coefficient (Wildman–Crippen LogP) is 2.48. The SMILES string of the molecule is CCSCc1noc(-c2cc([N+](=O)[O-])ccc2N)n1. The Morgan fingerprint density at radius 2 is 2.32 bits per heavy atom. The van der Waals surface area contributed by atoms with E-state index in [1.807, 2.05) is 6.92 Å². The van der Waals surface area contributed by atoms with Gasteiger partial charge in [-0.25, -0.2) is 0 Å². The Kier molecular flexibility index (Phi) is 4.00. The highest BCUT2D eigenvalue weighted by Crippen LogP contribution is 2.28. The van der Waals surface area contributed by atoms with Crippen molar-refractivity contribution in [1.29, 1.82) is 0 Å². The summed E-state index contributed by atoms with van der Waals surface area (Å²) in [7, 11) is 0. The second kappa shape index (κ2) is 5.70. The fourth-order valence-electron chi connectivity index (χ4n) is 1.46. The topological polar surface area (TPSA) is 108 Å². The number of nitrogens with two attached hydrogens (primary N) is 1. The second-order valence-electron chi connectivity index (χ2n) is 3.68. The van der Waals surface area contributed by atoms with Crippen LogP contribution in [0.5, 0.6) is 0 Å². The van der Waals surface area contributed by atoms with Gasteiger partial charge >= 0.3 is 0 Å². The summed E-state index contributed by atoms with van der Waals surface area (Å²) < 4.78 is 5.09. The lowest BCUT2D eigenvalue weighted by molar-refractivity contribution is -0.384. The molecular formula is C11H12N4O3S. The van der Waals surface area contributed by atoms with Crippen molar-refractivity contribution < 1.29 is 9.45 Å². The number of hydrogen-bond donors (Lipinski definition) is 1. The van der Waals surface area contributed by atoms with Gasteiger partial charge in [0.15, 0.2) is 5.82 Å².